The smallest absolute Gasteiger partial charge is 0.211 e. The first-order chi connectivity index (χ1) is 11.0. The molecule has 0 saturated carbocycles. The minimum absolute atomic E-state index is 0. The first-order valence-corrected chi connectivity index (χ1v) is 9.56. The van der Waals surface area contributed by atoms with Crippen LogP contribution in [-0.2, 0) is 16.6 Å². The number of sulfonamides is 1. The SMILES string of the molecule is COc1cccc2cc(CNC3CCN(S(C)(=O)=O)CC3)oc12.Cl. The van der Waals surface area contributed by atoms with Gasteiger partial charge in [0.2, 0.25) is 10.0 Å². The Balaban J connectivity index is 0.00000208. The lowest BCUT2D eigenvalue weighted by Gasteiger charge is -2.30. The van der Waals surface area contributed by atoms with Gasteiger partial charge in [0, 0.05) is 24.5 Å². The van der Waals surface area contributed by atoms with Crippen LogP contribution in [0.4, 0.5) is 0 Å². The largest absolute Gasteiger partial charge is 0.493 e. The summed E-state index contributed by atoms with van der Waals surface area (Å²) < 4.78 is 35.7. The van der Waals surface area contributed by atoms with Crippen LogP contribution in [0.1, 0.15) is 18.6 Å². The zero-order valence-electron chi connectivity index (χ0n) is 13.8. The number of piperidine rings is 1. The van der Waals surface area contributed by atoms with Gasteiger partial charge < -0.3 is 14.5 Å². The number of furan rings is 1. The van der Waals surface area contributed by atoms with E-state index >= 15 is 0 Å². The van der Waals surface area contributed by atoms with Crippen LogP contribution in [-0.4, -0.2) is 45.2 Å². The highest BCUT2D eigenvalue weighted by atomic mass is 35.5. The number of hydrogen-bond acceptors (Lipinski definition) is 5. The van der Waals surface area contributed by atoms with Crippen LogP contribution in [0.2, 0.25) is 0 Å². The molecule has 134 valence electrons. The van der Waals surface area contributed by atoms with Crippen LogP contribution in [0.25, 0.3) is 11.0 Å². The molecule has 1 aliphatic heterocycles. The van der Waals surface area contributed by atoms with Crippen LogP contribution in [0.5, 0.6) is 5.75 Å². The molecule has 6 nitrogen and oxygen atoms in total. The lowest BCUT2D eigenvalue weighted by molar-refractivity contribution is 0.285. The van der Waals surface area contributed by atoms with E-state index in [0.717, 1.165) is 35.3 Å². The van der Waals surface area contributed by atoms with E-state index < -0.39 is 10.0 Å². The van der Waals surface area contributed by atoms with E-state index in [4.69, 9.17) is 9.15 Å². The topological polar surface area (TPSA) is 71.8 Å². The van der Waals surface area contributed by atoms with Gasteiger partial charge in [-0.1, -0.05) is 12.1 Å². The third-order valence-corrected chi connectivity index (χ3v) is 5.57. The van der Waals surface area contributed by atoms with Crippen molar-refractivity contribution in [1.82, 2.24) is 9.62 Å². The maximum atomic E-state index is 11.5. The second kappa shape index (κ2) is 7.74. The number of ether oxygens (including phenoxy) is 1. The first kappa shape index (κ1) is 19.1. The van der Waals surface area contributed by atoms with E-state index in [9.17, 15) is 8.42 Å². The first-order valence-electron chi connectivity index (χ1n) is 7.71. The maximum absolute atomic E-state index is 11.5. The van der Waals surface area contributed by atoms with Crippen LogP contribution >= 0.6 is 12.4 Å². The van der Waals surface area contributed by atoms with Gasteiger partial charge in [-0.15, -0.1) is 12.4 Å². The van der Waals surface area contributed by atoms with Gasteiger partial charge in [-0.2, -0.15) is 0 Å². The van der Waals surface area contributed by atoms with Gasteiger partial charge in [-0.05, 0) is 25.0 Å². The average Bonchev–Trinajstić information content (AvgIpc) is 2.95. The van der Waals surface area contributed by atoms with Crippen LogP contribution in [0.15, 0.2) is 28.7 Å². The molecule has 0 spiro atoms. The normalized spacial score (nSPS) is 16.9. The Morgan fingerprint density at radius 2 is 2.04 bits per heavy atom. The molecule has 0 radical (unpaired) electrons. The fourth-order valence-corrected chi connectivity index (χ4v) is 3.85. The Hall–Kier alpha value is -1.28. The summed E-state index contributed by atoms with van der Waals surface area (Å²) in [7, 11) is -1.44. The number of para-hydroxylation sites is 1. The van der Waals surface area contributed by atoms with Gasteiger partial charge in [-0.3, -0.25) is 0 Å². The highest BCUT2D eigenvalue weighted by Crippen LogP contribution is 2.28. The van der Waals surface area contributed by atoms with Crippen molar-refractivity contribution in [3.63, 3.8) is 0 Å². The molecule has 1 aromatic carbocycles. The van der Waals surface area contributed by atoms with Gasteiger partial charge in [0.05, 0.1) is 19.9 Å². The van der Waals surface area contributed by atoms with Crippen LogP contribution in [0.3, 0.4) is 0 Å². The van der Waals surface area contributed by atoms with E-state index in [1.54, 1.807) is 7.11 Å². The van der Waals surface area contributed by atoms with Crippen molar-refractivity contribution in [2.45, 2.75) is 25.4 Å². The monoisotopic (exact) mass is 374 g/mol. The molecule has 1 N–H and O–H groups in total. The highest BCUT2D eigenvalue weighted by molar-refractivity contribution is 7.88. The van der Waals surface area contributed by atoms with E-state index in [1.165, 1.54) is 10.6 Å². The number of nitrogens with one attached hydrogen (secondary N) is 1. The molecular formula is C16H23ClN2O4S. The summed E-state index contributed by atoms with van der Waals surface area (Å²) in [5.74, 6) is 1.59. The van der Waals surface area contributed by atoms with Gasteiger partial charge in [0.1, 0.15) is 5.76 Å². The van der Waals surface area contributed by atoms with E-state index in [-0.39, 0.29) is 12.4 Å². The number of nitrogens with zero attached hydrogens (tertiary/aromatic N) is 1. The number of hydrogen-bond donors (Lipinski definition) is 1. The maximum Gasteiger partial charge on any atom is 0.211 e. The Labute approximate surface area is 148 Å². The van der Waals surface area contributed by atoms with E-state index in [2.05, 4.69) is 5.32 Å². The summed E-state index contributed by atoms with van der Waals surface area (Å²) in [6.45, 7) is 1.77. The van der Waals surface area contributed by atoms with Crippen molar-refractivity contribution in [1.29, 1.82) is 0 Å². The molecule has 8 heteroatoms. The molecular weight excluding hydrogens is 352 g/mol. The molecule has 24 heavy (non-hydrogen) atoms. The Morgan fingerprint density at radius 3 is 2.67 bits per heavy atom. The minimum atomic E-state index is -3.07. The summed E-state index contributed by atoms with van der Waals surface area (Å²) in [5.41, 5.74) is 0.763. The summed E-state index contributed by atoms with van der Waals surface area (Å²) in [6, 6.07) is 8.13. The predicted octanol–water partition coefficient (Wildman–Crippen LogP) is 2.38. The molecule has 0 atom stereocenters. The summed E-state index contributed by atoms with van der Waals surface area (Å²) in [6.07, 6.45) is 2.90. The third kappa shape index (κ3) is 4.22. The zero-order valence-corrected chi connectivity index (χ0v) is 15.5. The lowest BCUT2D eigenvalue weighted by atomic mass is 10.1. The minimum Gasteiger partial charge on any atom is -0.493 e. The zero-order chi connectivity index (χ0) is 16.4. The lowest BCUT2D eigenvalue weighted by Crippen LogP contribution is -2.44. The number of halogens is 1. The summed E-state index contributed by atoms with van der Waals surface area (Å²) >= 11 is 0. The fourth-order valence-electron chi connectivity index (χ4n) is 2.97. The molecule has 2 aromatic rings. The standard InChI is InChI=1S/C16H22N2O4S.ClH/c1-21-15-5-3-4-12-10-14(22-16(12)15)11-17-13-6-8-18(9-7-13)23(2,19)20;/h3-5,10,13,17H,6-9,11H2,1-2H3;1H. The molecule has 2 heterocycles. The molecule has 1 aromatic heterocycles. The number of benzene rings is 1. The van der Waals surface area contributed by atoms with Gasteiger partial charge in [0.25, 0.3) is 0 Å². The molecule has 0 aliphatic carbocycles. The second-order valence-corrected chi connectivity index (χ2v) is 7.89. The molecule has 0 amide bonds. The second-order valence-electron chi connectivity index (χ2n) is 5.91. The molecule has 1 fully saturated rings. The van der Waals surface area contributed by atoms with Crippen molar-refractivity contribution in [3.05, 3.63) is 30.0 Å². The van der Waals surface area contributed by atoms with Gasteiger partial charge in [-0.25, -0.2) is 12.7 Å². The molecule has 1 aliphatic rings. The van der Waals surface area contributed by atoms with Gasteiger partial charge in [0.15, 0.2) is 11.3 Å². The highest BCUT2D eigenvalue weighted by Gasteiger charge is 2.24. The van der Waals surface area contributed by atoms with Crippen molar-refractivity contribution < 1.29 is 17.6 Å². The summed E-state index contributed by atoms with van der Waals surface area (Å²) in [4.78, 5) is 0. The number of methoxy groups -OCH3 is 1. The van der Waals surface area contributed by atoms with Crippen molar-refractivity contribution in [3.8, 4) is 5.75 Å². The van der Waals surface area contributed by atoms with Crippen LogP contribution in [0, 0.1) is 0 Å². The van der Waals surface area contributed by atoms with Crippen molar-refractivity contribution >= 4 is 33.4 Å². The third-order valence-electron chi connectivity index (χ3n) is 4.27. The molecule has 1 saturated heterocycles. The Bertz CT molecular complexity index is 782. The van der Waals surface area contributed by atoms with E-state index in [1.807, 2.05) is 24.3 Å². The van der Waals surface area contributed by atoms with E-state index in [0.29, 0.717) is 25.7 Å². The quantitative estimate of drug-likeness (QED) is 0.869. The van der Waals surface area contributed by atoms with Crippen molar-refractivity contribution in [2.75, 3.05) is 26.5 Å². The number of rotatable bonds is 5. The molecule has 3 rings (SSSR count). The van der Waals surface area contributed by atoms with Crippen molar-refractivity contribution in [2.24, 2.45) is 0 Å². The molecule has 0 bridgehead atoms. The molecule has 0 unspecified atom stereocenters. The van der Waals surface area contributed by atoms with Gasteiger partial charge >= 0.3 is 0 Å². The average molecular weight is 375 g/mol. The Kier molecular flexibility index (Phi) is 6.14. The fraction of sp³-hybridized carbons (Fsp3) is 0.500. The van der Waals surface area contributed by atoms with Crippen LogP contribution < -0.4 is 10.1 Å². The number of fused-ring (bicyclic) bond motifs is 1. The Morgan fingerprint density at radius 1 is 1.33 bits per heavy atom. The summed E-state index contributed by atoms with van der Waals surface area (Å²) in [5, 5.41) is 4.47. The predicted molar refractivity (Wildman–Crippen MR) is 96.3 cm³/mol.